The number of nitrogens with one attached hydrogen (secondary N) is 2. The zero-order valence-corrected chi connectivity index (χ0v) is 24.1. The zero-order chi connectivity index (χ0) is 31.1. The van der Waals surface area contributed by atoms with Gasteiger partial charge in [0.05, 0.1) is 12.2 Å². The molecular formula is C32H33F5N4O2. The van der Waals surface area contributed by atoms with Crippen LogP contribution < -0.4 is 15.7 Å². The summed E-state index contributed by atoms with van der Waals surface area (Å²) in [6.07, 6.45) is 0.0371. The van der Waals surface area contributed by atoms with Gasteiger partial charge in [-0.2, -0.15) is 13.2 Å². The Morgan fingerprint density at radius 2 is 1.88 bits per heavy atom. The number of hydrazine groups is 1. The van der Waals surface area contributed by atoms with Crippen LogP contribution in [0.15, 0.2) is 54.9 Å². The Morgan fingerprint density at radius 3 is 2.53 bits per heavy atom. The van der Waals surface area contributed by atoms with Crippen molar-refractivity contribution in [2.75, 3.05) is 13.7 Å². The van der Waals surface area contributed by atoms with Crippen LogP contribution in [0.1, 0.15) is 64.7 Å². The average Bonchev–Trinajstić information content (AvgIpc) is 3.71. The molecule has 0 amide bonds. The molecule has 0 bridgehead atoms. The fourth-order valence-corrected chi connectivity index (χ4v) is 5.68. The molecule has 2 aliphatic rings. The number of pyridine rings is 1. The van der Waals surface area contributed by atoms with E-state index in [4.69, 9.17) is 10.1 Å². The molecule has 2 N–H and O–H groups in total. The normalized spacial score (nSPS) is 17.6. The number of carbonyl (C=O) groups excluding carboxylic acids is 1. The van der Waals surface area contributed by atoms with Crippen molar-refractivity contribution in [3.8, 4) is 5.75 Å². The van der Waals surface area contributed by atoms with E-state index in [1.54, 1.807) is 32.0 Å². The van der Waals surface area contributed by atoms with Crippen molar-refractivity contribution in [1.29, 1.82) is 5.41 Å². The molecule has 2 heterocycles. The number of alkyl halides is 3. The number of nitrogens with zero attached hydrogens (tertiary/aromatic N) is 2. The van der Waals surface area contributed by atoms with Crippen LogP contribution >= 0.6 is 0 Å². The number of aromatic nitrogens is 1. The highest BCUT2D eigenvalue weighted by Gasteiger charge is 2.47. The standard InChI is InChI=1S/C32H33F5N4O2/c1-4-43-29-23(25-17-40(3)39-30(25)32(35,36)37)13-19(16-41-11-5-6-27(34)31(41)38)14-24(29)28(42)15-22(20-7-8-20)21-9-10-26(33)18(2)12-21/h5-6,9-14,17,20,22,30,38-39H,4,7-8,15-16H2,1-3H3/t22-,30?/m0/s1. The van der Waals surface area contributed by atoms with Gasteiger partial charge in [-0.1, -0.05) is 12.1 Å². The molecule has 2 atom stereocenters. The van der Waals surface area contributed by atoms with Crippen molar-refractivity contribution in [1.82, 2.24) is 15.0 Å². The molecule has 1 aliphatic carbocycles. The number of carbonyl (C=O) groups is 1. The Balaban J connectivity index is 1.64. The van der Waals surface area contributed by atoms with Gasteiger partial charge < -0.3 is 14.3 Å². The third kappa shape index (κ3) is 6.51. The Labute approximate surface area is 246 Å². The molecule has 5 rings (SSSR count). The summed E-state index contributed by atoms with van der Waals surface area (Å²) in [5.41, 5.74) is 3.77. The minimum Gasteiger partial charge on any atom is -0.492 e. The first kappa shape index (κ1) is 30.5. The number of hydrogen-bond donors (Lipinski definition) is 2. The fraction of sp³-hybridized carbons (Fsp3) is 0.375. The van der Waals surface area contributed by atoms with Gasteiger partial charge in [0.2, 0.25) is 0 Å². The molecule has 0 saturated heterocycles. The Kier molecular flexibility index (Phi) is 8.47. The number of ether oxygens (including phenoxy) is 1. The van der Waals surface area contributed by atoms with E-state index >= 15 is 0 Å². The van der Waals surface area contributed by atoms with Gasteiger partial charge in [-0.3, -0.25) is 10.2 Å². The zero-order valence-electron chi connectivity index (χ0n) is 24.1. The van der Waals surface area contributed by atoms with Crippen LogP contribution in [-0.4, -0.2) is 41.2 Å². The summed E-state index contributed by atoms with van der Waals surface area (Å²) in [5, 5.41) is 9.33. The Hall–Kier alpha value is -3.99. The van der Waals surface area contributed by atoms with Gasteiger partial charge in [0.1, 0.15) is 17.6 Å². The predicted molar refractivity (Wildman–Crippen MR) is 151 cm³/mol. The van der Waals surface area contributed by atoms with Crippen molar-refractivity contribution >= 4 is 11.4 Å². The topological polar surface area (TPSA) is 70.3 Å². The minimum atomic E-state index is -4.65. The third-order valence-corrected chi connectivity index (χ3v) is 7.93. The number of rotatable bonds is 10. The van der Waals surface area contributed by atoms with Crippen molar-refractivity contribution in [3.05, 3.63) is 99.8 Å². The second-order valence-electron chi connectivity index (χ2n) is 11.2. The van der Waals surface area contributed by atoms with Crippen LogP contribution in [0.3, 0.4) is 0 Å². The van der Waals surface area contributed by atoms with Crippen molar-refractivity contribution in [2.45, 2.75) is 57.8 Å². The molecule has 3 aromatic rings. The summed E-state index contributed by atoms with van der Waals surface area (Å²) in [4.78, 5) is 14.1. The number of halogens is 5. The molecule has 43 heavy (non-hydrogen) atoms. The van der Waals surface area contributed by atoms with Gasteiger partial charge in [0.15, 0.2) is 17.1 Å². The lowest BCUT2D eigenvalue weighted by molar-refractivity contribution is -0.146. The molecule has 1 unspecified atom stereocenters. The average molecular weight is 601 g/mol. The molecule has 0 spiro atoms. The SMILES string of the molecule is CCOc1c(C(=O)C[C@H](c2ccc(F)c(C)c2)C2CC2)cc(Cn2cccc(F)c2=N)cc1C1=CN(C)NC1C(F)(F)F. The predicted octanol–water partition coefficient (Wildman–Crippen LogP) is 6.49. The smallest absolute Gasteiger partial charge is 0.409 e. The number of Topliss-reactive ketones (excluding diaryl/α,β-unsaturated/α-hetero) is 1. The highest BCUT2D eigenvalue weighted by atomic mass is 19.4. The van der Waals surface area contributed by atoms with E-state index in [-0.39, 0.29) is 65.5 Å². The van der Waals surface area contributed by atoms with Crippen LogP contribution in [-0.2, 0) is 6.54 Å². The summed E-state index contributed by atoms with van der Waals surface area (Å²) >= 11 is 0. The highest BCUT2D eigenvalue weighted by Crippen LogP contribution is 2.46. The molecule has 1 aromatic heterocycles. The number of benzene rings is 2. The molecule has 1 aliphatic heterocycles. The first-order valence-corrected chi connectivity index (χ1v) is 14.1. The van der Waals surface area contributed by atoms with Crippen LogP contribution in [0.4, 0.5) is 22.0 Å². The minimum absolute atomic E-state index is 0.0361. The van der Waals surface area contributed by atoms with Crippen molar-refractivity contribution in [3.63, 3.8) is 0 Å². The quantitative estimate of drug-likeness (QED) is 0.206. The summed E-state index contributed by atoms with van der Waals surface area (Å²) in [6, 6.07) is 8.39. The van der Waals surface area contributed by atoms with Gasteiger partial charge in [0.25, 0.3) is 0 Å². The van der Waals surface area contributed by atoms with E-state index in [1.165, 1.54) is 47.2 Å². The molecule has 228 valence electrons. The van der Waals surface area contributed by atoms with E-state index in [2.05, 4.69) is 5.43 Å². The molecule has 1 saturated carbocycles. The Bertz CT molecular complexity index is 1630. The number of aryl methyl sites for hydroxylation is 1. The molecule has 1 fully saturated rings. The number of hydrogen-bond acceptors (Lipinski definition) is 5. The first-order chi connectivity index (χ1) is 20.4. The molecule has 2 aromatic carbocycles. The van der Waals surface area contributed by atoms with E-state index in [0.29, 0.717) is 11.1 Å². The van der Waals surface area contributed by atoms with Gasteiger partial charge in [-0.15, -0.1) is 0 Å². The molecule has 11 heteroatoms. The maximum Gasteiger partial charge on any atom is 0.409 e. The highest BCUT2D eigenvalue weighted by molar-refractivity contribution is 6.01. The summed E-state index contributed by atoms with van der Waals surface area (Å²) in [7, 11) is 1.45. The summed E-state index contributed by atoms with van der Waals surface area (Å²) < 4.78 is 78.0. The van der Waals surface area contributed by atoms with Gasteiger partial charge >= 0.3 is 6.18 Å². The maximum atomic E-state index is 14.2. The maximum absolute atomic E-state index is 14.2. The fourth-order valence-electron chi connectivity index (χ4n) is 5.68. The van der Waals surface area contributed by atoms with Crippen LogP contribution in [0.5, 0.6) is 5.75 Å². The monoisotopic (exact) mass is 600 g/mol. The Morgan fingerprint density at radius 1 is 1.14 bits per heavy atom. The molecular weight excluding hydrogens is 567 g/mol. The number of ketones is 1. The second-order valence-corrected chi connectivity index (χ2v) is 11.2. The second kappa shape index (κ2) is 11.9. The van der Waals surface area contributed by atoms with Crippen LogP contribution in [0.25, 0.3) is 5.57 Å². The van der Waals surface area contributed by atoms with Crippen molar-refractivity contribution < 1.29 is 31.5 Å². The lowest BCUT2D eigenvalue weighted by atomic mass is 9.85. The van der Waals surface area contributed by atoms with Crippen molar-refractivity contribution in [2.24, 2.45) is 5.92 Å². The van der Waals surface area contributed by atoms with E-state index < -0.39 is 23.5 Å². The van der Waals surface area contributed by atoms with E-state index in [1.807, 2.05) is 0 Å². The van der Waals surface area contributed by atoms with Gasteiger partial charge in [-0.05, 0) is 85.5 Å². The van der Waals surface area contributed by atoms with Gasteiger partial charge in [0, 0.05) is 43.5 Å². The van der Waals surface area contributed by atoms with Crippen LogP contribution in [0, 0.1) is 29.9 Å². The molecule has 0 radical (unpaired) electrons. The molecule has 6 nitrogen and oxygen atoms in total. The lowest BCUT2D eigenvalue weighted by Gasteiger charge is -2.24. The third-order valence-electron chi connectivity index (χ3n) is 7.93. The van der Waals surface area contributed by atoms with Gasteiger partial charge in [-0.25, -0.2) is 14.2 Å². The summed E-state index contributed by atoms with van der Waals surface area (Å²) in [5.74, 6) is -1.36. The van der Waals surface area contributed by atoms with E-state index in [0.717, 1.165) is 24.5 Å². The lowest BCUT2D eigenvalue weighted by Crippen LogP contribution is -2.43. The van der Waals surface area contributed by atoms with E-state index in [9.17, 15) is 26.7 Å². The summed E-state index contributed by atoms with van der Waals surface area (Å²) in [6.45, 7) is 3.38. The first-order valence-electron chi connectivity index (χ1n) is 14.1. The van der Waals surface area contributed by atoms with Crippen LogP contribution in [0.2, 0.25) is 0 Å². The largest absolute Gasteiger partial charge is 0.492 e.